The Morgan fingerprint density at radius 3 is 2.44 bits per heavy atom. The van der Waals surface area contributed by atoms with E-state index in [0.29, 0.717) is 17.5 Å². The molecule has 2 rings (SSSR count). The minimum atomic E-state index is -0.272. The number of urea groups is 1. The number of carbonyl (C=O) groups is 1. The molecule has 0 aromatic heterocycles. The number of likely N-dealkylation sites (tertiary alicyclic amines) is 1. The number of nitrogens with one attached hydrogen (secondary N) is 1. The number of rotatable bonds is 2. The predicted molar refractivity (Wildman–Crippen MR) is 73.4 cm³/mol. The minimum absolute atomic E-state index is 0.272. The van der Waals surface area contributed by atoms with Crippen molar-refractivity contribution >= 4 is 6.03 Å². The summed E-state index contributed by atoms with van der Waals surface area (Å²) in [5, 5.41) is 3.83. The molecule has 0 spiro atoms. The quantitative estimate of drug-likeness (QED) is 0.791. The van der Waals surface area contributed by atoms with Crippen LogP contribution in [0.25, 0.3) is 0 Å². The first-order valence-corrected chi connectivity index (χ1v) is 7.29. The van der Waals surface area contributed by atoms with Crippen LogP contribution in [0.3, 0.4) is 0 Å². The highest BCUT2D eigenvalue weighted by atomic mass is 16.2. The molecular weight excluding hydrogens is 226 g/mol. The van der Waals surface area contributed by atoms with Crippen molar-refractivity contribution in [2.45, 2.75) is 64.5 Å². The molecule has 0 bridgehead atoms. The van der Waals surface area contributed by atoms with Crippen LogP contribution in [0.5, 0.6) is 0 Å². The number of carbonyl (C=O) groups excluding carboxylic acids is 1. The fraction of sp³-hybridized carbons (Fsp3) is 0.929. The summed E-state index contributed by atoms with van der Waals surface area (Å²) < 4.78 is 0. The van der Waals surface area contributed by atoms with Crippen molar-refractivity contribution in [2.75, 3.05) is 13.1 Å². The fourth-order valence-electron chi connectivity index (χ4n) is 3.35. The van der Waals surface area contributed by atoms with Crippen LogP contribution in [-0.4, -0.2) is 36.1 Å². The first kappa shape index (κ1) is 13.7. The topological polar surface area (TPSA) is 58.4 Å². The van der Waals surface area contributed by atoms with Crippen LogP contribution in [0.2, 0.25) is 0 Å². The highest BCUT2D eigenvalue weighted by Crippen LogP contribution is 2.36. The zero-order valence-corrected chi connectivity index (χ0v) is 11.7. The molecule has 1 aliphatic heterocycles. The Kier molecular flexibility index (Phi) is 4.15. The van der Waals surface area contributed by atoms with Gasteiger partial charge in [0.15, 0.2) is 0 Å². The van der Waals surface area contributed by atoms with Gasteiger partial charge in [0.25, 0.3) is 0 Å². The van der Waals surface area contributed by atoms with E-state index >= 15 is 0 Å². The van der Waals surface area contributed by atoms with Crippen molar-refractivity contribution in [2.24, 2.45) is 11.1 Å². The molecule has 1 saturated heterocycles. The van der Waals surface area contributed by atoms with Gasteiger partial charge in [0.1, 0.15) is 0 Å². The molecule has 0 radical (unpaired) electrons. The van der Waals surface area contributed by atoms with Gasteiger partial charge in [0, 0.05) is 25.2 Å². The van der Waals surface area contributed by atoms with Gasteiger partial charge in [-0.3, -0.25) is 0 Å². The molecule has 1 aliphatic carbocycles. The van der Waals surface area contributed by atoms with Crippen LogP contribution in [0.1, 0.15) is 52.4 Å². The van der Waals surface area contributed by atoms with E-state index in [2.05, 4.69) is 19.2 Å². The third kappa shape index (κ3) is 3.16. The molecule has 2 fully saturated rings. The van der Waals surface area contributed by atoms with Crippen LogP contribution in [0, 0.1) is 5.41 Å². The molecular formula is C14H27N3O. The summed E-state index contributed by atoms with van der Waals surface area (Å²) in [5.74, 6) is 0. The van der Waals surface area contributed by atoms with Crippen molar-refractivity contribution in [3.05, 3.63) is 0 Å². The summed E-state index contributed by atoms with van der Waals surface area (Å²) in [6.45, 7) is 6.37. The Balaban J connectivity index is 1.82. The van der Waals surface area contributed by atoms with Crippen LogP contribution in [0.15, 0.2) is 0 Å². The third-order valence-electron chi connectivity index (χ3n) is 4.75. The van der Waals surface area contributed by atoms with E-state index in [9.17, 15) is 4.79 Å². The van der Waals surface area contributed by atoms with Crippen molar-refractivity contribution in [1.29, 1.82) is 0 Å². The van der Waals surface area contributed by atoms with Crippen molar-refractivity contribution in [3.63, 3.8) is 0 Å². The maximum atomic E-state index is 11.1. The van der Waals surface area contributed by atoms with Gasteiger partial charge in [-0.2, -0.15) is 0 Å². The number of hydrogen-bond acceptors (Lipinski definition) is 2. The van der Waals surface area contributed by atoms with Gasteiger partial charge in [-0.15, -0.1) is 0 Å². The minimum Gasteiger partial charge on any atom is -0.351 e. The zero-order valence-electron chi connectivity index (χ0n) is 11.7. The molecule has 104 valence electrons. The zero-order chi connectivity index (χ0) is 13.2. The number of amides is 2. The summed E-state index contributed by atoms with van der Waals surface area (Å²) in [4.78, 5) is 12.8. The number of piperidine rings is 1. The second kappa shape index (κ2) is 5.47. The van der Waals surface area contributed by atoms with Crippen LogP contribution in [0.4, 0.5) is 4.79 Å². The van der Waals surface area contributed by atoms with E-state index in [0.717, 1.165) is 25.9 Å². The Morgan fingerprint density at radius 1 is 1.22 bits per heavy atom. The van der Waals surface area contributed by atoms with Gasteiger partial charge in [-0.05, 0) is 31.1 Å². The lowest BCUT2D eigenvalue weighted by Crippen LogP contribution is -2.53. The van der Waals surface area contributed by atoms with Crippen LogP contribution >= 0.6 is 0 Å². The van der Waals surface area contributed by atoms with Gasteiger partial charge < -0.3 is 16.0 Å². The summed E-state index contributed by atoms with van der Waals surface area (Å²) in [6, 6.07) is 0.922. The standard InChI is InChI=1S/C14H27N3O/c1-14(2)8-4-3-5-12(14)16-11-6-9-17(10-7-11)13(15)18/h11-12,16H,3-10H2,1-2H3,(H2,15,18). The Morgan fingerprint density at radius 2 is 1.89 bits per heavy atom. The summed E-state index contributed by atoms with van der Waals surface area (Å²) >= 11 is 0. The second-order valence-corrected chi connectivity index (χ2v) is 6.55. The van der Waals surface area contributed by atoms with E-state index in [-0.39, 0.29) is 6.03 Å². The number of nitrogens with zero attached hydrogens (tertiary/aromatic N) is 1. The average Bonchev–Trinajstić information content (AvgIpc) is 2.32. The van der Waals surface area contributed by atoms with Crippen molar-refractivity contribution in [1.82, 2.24) is 10.2 Å². The maximum absolute atomic E-state index is 11.1. The lowest BCUT2D eigenvalue weighted by atomic mass is 9.73. The van der Waals surface area contributed by atoms with Gasteiger partial charge in [0.05, 0.1) is 0 Å². The fourth-order valence-corrected chi connectivity index (χ4v) is 3.35. The van der Waals surface area contributed by atoms with Crippen molar-refractivity contribution < 1.29 is 4.79 Å². The largest absolute Gasteiger partial charge is 0.351 e. The van der Waals surface area contributed by atoms with Gasteiger partial charge in [0.2, 0.25) is 0 Å². The highest BCUT2D eigenvalue weighted by Gasteiger charge is 2.34. The molecule has 0 aromatic carbocycles. The molecule has 3 N–H and O–H groups in total. The third-order valence-corrected chi connectivity index (χ3v) is 4.75. The summed E-state index contributed by atoms with van der Waals surface area (Å²) in [7, 11) is 0. The van der Waals surface area contributed by atoms with E-state index < -0.39 is 0 Å². The molecule has 1 saturated carbocycles. The van der Waals surface area contributed by atoms with Crippen LogP contribution in [-0.2, 0) is 0 Å². The Hall–Kier alpha value is -0.770. The average molecular weight is 253 g/mol. The van der Waals surface area contributed by atoms with E-state index in [4.69, 9.17) is 5.73 Å². The van der Waals surface area contributed by atoms with E-state index in [1.54, 1.807) is 4.90 Å². The number of hydrogen-bond donors (Lipinski definition) is 2. The summed E-state index contributed by atoms with van der Waals surface area (Å²) in [6.07, 6.45) is 7.41. The first-order chi connectivity index (χ1) is 8.49. The molecule has 0 aromatic rings. The normalized spacial score (nSPS) is 29.2. The Labute approximate surface area is 110 Å². The second-order valence-electron chi connectivity index (χ2n) is 6.55. The van der Waals surface area contributed by atoms with Crippen LogP contribution < -0.4 is 11.1 Å². The van der Waals surface area contributed by atoms with E-state index in [1.807, 2.05) is 0 Å². The lowest BCUT2D eigenvalue weighted by molar-refractivity contribution is 0.132. The SMILES string of the molecule is CC1(C)CCCCC1NC1CCN(C(N)=O)CC1. The Bertz CT molecular complexity index is 295. The smallest absolute Gasteiger partial charge is 0.314 e. The molecule has 18 heavy (non-hydrogen) atoms. The molecule has 1 unspecified atom stereocenters. The van der Waals surface area contributed by atoms with E-state index in [1.165, 1.54) is 25.7 Å². The summed E-state index contributed by atoms with van der Waals surface area (Å²) in [5.41, 5.74) is 5.72. The maximum Gasteiger partial charge on any atom is 0.314 e. The highest BCUT2D eigenvalue weighted by molar-refractivity contribution is 5.72. The molecule has 4 heteroatoms. The van der Waals surface area contributed by atoms with Gasteiger partial charge in [-0.1, -0.05) is 26.7 Å². The lowest BCUT2D eigenvalue weighted by Gasteiger charge is -2.43. The first-order valence-electron chi connectivity index (χ1n) is 7.29. The number of primary amides is 1. The molecule has 4 nitrogen and oxygen atoms in total. The molecule has 1 heterocycles. The molecule has 2 amide bonds. The number of nitrogens with two attached hydrogens (primary N) is 1. The molecule has 1 atom stereocenters. The van der Waals surface area contributed by atoms with Gasteiger partial charge >= 0.3 is 6.03 Å². The predicted octanol–water partition coefficient (Wildman–Crippen LogP) is 2.09. The van der Waals surface area contributed by atoms with Crippen molar-refractivity contribution in [3.8, 4) is 0 Å². The monoisotopic (exact) mass is 253 g/mol. The molecule has 2 aliphatic rings. The van der Waals surface area contributed by atoms with Gasteiger partial charge in [-0.25, -0.2) is 4.79 Å².